The Morgan fingerprint density at radius 1 is 1.40 bits per heavy atom. The number of carboxylic acids is 1. The predicted octanol–water partition coefficient (Wildman–Crippen LogP) is 2.58. The van der Waals surface area contributed by atoms with Crippen LogP contribution in [0, 0.1) is 11.6 Å². The predicted molar refractivity (Wildman–Crippen MR) is 47.6 cm³/mol. The van der Waals surface area contributed by atoms with Crippen molar-refractivity contribution in [2.75, 3.05) is 0 Å². The molecule has 1 N–H and O–H groups in total. The van der Waals surface area contributed by atoms with Crippen molar-refractivity contribution < 1.29 is 23.1 Å². The van der Waals surface area contributed by atoms with Gasteiger partial charge in [0.1, 0.15) is 11.6 Å². The summed E-state index contributed by atoms with van der Waals surface area (Å²) in [7, 11) is 0. The van der Waals surface area contributed by atoms with Gasteiger partial charge in [0.2, 0.25) is 6.17 Å². The van der Waals surface area contributed by atoms with Crippen LogP contribution in [0.15, 0.2) is 12.1 Å². The van der Waals surface area contributed by atoms with Gasteiger partial charge in [-0.2, -0.15) is 0 Å². The van der Waals surface area contributed by atoms with Crippen LogP contribution in [0.2, 0.25) is 5.02 Å². The van der Waals surface area contributed by atoms with Crippen LogP contribution >= 0.6 is 11.6 Å². The van der Waals surface area contributed by atoms with Gasteiger partial charge in [-0.15, -0.1) is 0 Å². The Kier molecular flexibility index (Phi) is 3.57. The van der Waals surface area contributed by atoms with E-state index in [0.717, 1.165) is 12.1 Å². The van der Waals surface area contributed by atoms with E-state index in [1.807, 2.05) is 0 Å². The minimum atomic E-state index is -2.31. The molecule has 1 atom stereocenters. The van der Waals surface area contributed by atoms with E-state index in [1.165, 1.54) is 0 Å². The molecule has 0 heterocycles. The molecule has 1 aromatic rings. The Balaban J connectivity index is 3.03. The van der Waals surface area contributed by atoms with E-state index in [9.17, 15) is 18.0 Å². The summed E-state index contributed by atoms with van der Waals surface area (Å²) in [6, 6.07) is 1.56. The SMILES string of the molecule is O=C(O)[C@@H](F)Cc1c(F)ccc(F)c1Cl. The number of benzene rings is 1. The zero-order valence-corrected chi connectivity index (χ0v) is 8.06. The lowest BCUT2D eigenvalue weighted by molar-refractivity contribution is -0.142. The first-order chi connectivity index (χ1) is 6.93. The van der Waals surface area contributed by atoms with Crippen molar-refractivity contribution in [3.63, 3.8) is 0 Å². The van der Waals surface area contributed by atoms with Gasteiger partial charge in [0.15, 0.2) is 0 Å². The van der Waals surface area contributed by atoms with E-state index in [-0.39, 0.29) is 0 Å². The van der Waals surface area contributed by atoms with Crippen molar-refractivity contribution >= 4 is 17.6 Å². The molecule has 1 aromatic carbocycles. The molecule has 0 aromatic heterocycles. The maximum absolute atomic E-state index is 13.0. The van der Waals surface area contributed by atoms with Gasteiger partial charge in [-0.1, -0.05) is 11.6 Å². The lowest BCUT2D eigenvalue weighted by atomic mass is 10.1. The van der Waals surface area contributed by atoms with Crippen LogP contribution in [0.5, 0.6) is 0 Å². The lowest BCUT2D eigenvalue weighted by Crippen LogP contribution is -2.18. The summed E-state index contributed by atoms with van der Waals surface area (Å²) >= 11 is 5.37. The van der Waals surface area contributed by atoms with Crippen LogP contribution in [0.3, 0.4) is 0 Å². The topological polar surface area (TPSA) is 37.3 Å². The fourth-order valence-corrected chi connectivity index (χ4v) is 1.25. The summed E-state index contributed by atoms with van der Waals surface area (Å²) in [4.78, 5) is 10.2. The van der Waals surface area contributed by atoms with Gasteiger partial charge in [-0.25, -0.2) is 18.0 Å². The number of aliphatic carboxylic acids is 1. The Labute approximate surface area is 88.3 Å². The van der Waals surface area contributed by atoms with E-state index in [2.05, 4.69) is 0 Å². The minimum absolute atomic E-state index is 0.466. The van der Waals surface area contributed by atoms with Crippen LogP contribution in [0.4, 0.5) is 13.2 Å². The average Bonchev–Trinajstić information content (AvgIpc) is 2.18. The molecular weight excluding hydrogens is 233 g/mol. The Morgan fingerprint density at radius 2 is 1.93 bits per heavy atom. The molecule has 0 unspecified atom stereocenters. The fourth-order valence-electron chi connectivity index (χ4n) is 1.02. The molecule has 82 valence electrons. The van der Waals surface area contributed by atoms with E-state index in [4.69, 9.17) is 16.7 Å². The van der Waals surface area contributed by atoms with E-state index in [1.54, 1.807) is 0 Å². The maximum atomic E-state index is 13.0. The van der Waals surface area contributed by atoms with Crippen LogP contribution in [0.1, 0.15) is 5.56 Å². The van der Waals surface area contributed by atoms with Crippen molar-refractivity contribution in [1.82, 2.24) is 0 Å². The second-order valence-corrected chi connectivity index (χ2v) is 3.21. The Hall–Kier alpha value is -1.23. The van der Waals surface area contributed by atoms with Crippen molar-refractivity contribution in [3.8, 4) is 0 Å². The van der Waals surface area contributed by atoms with E-state index in [0.29, 0.717) is 0 Å². The number of carboxylic acid groups (broad SMARTS) is 1. The molecule has 0 saturated heterocycles. The highest BCUT2D eigenvalue weighted by atomic mass is 35.5. The quantitative estimate of drug-likeness (QED) is 0.822. The van der Waals surface area contributed by atoms with E-state index >= 15 is 0 Å². The molecule has 0 radical (unpaired) electrons. The van der Waals surface area contributed by atoms with Crippen molar-refractivity contribution in [2.45, 2.75) is 12.6 Å². The third-order valence-electron chi connectivity index (χ3n) is 1.79. The van der Waals surface area contributed by atoms with Gasteiger partial charge in [-0.3, -0.25) is 0 Å². The van der Waals surface area contributed by atoms with E-state index < -0.39 is 40.8 Å². The third-order valence-corrected chi connectivity index (χ3v) is 2.20. The number of halogens is 4. The summed E-state index contributed by atoms with van der Waals surface area (Å²) in [6.45, 7) is 0. The van der Waals surface area contributed by atoms with Crippen LogP contribution in [-0.4, -0.2) is 17.2 Å². The third kappa shape index (κ3) is 2.62. The van der Waals surface area contributed by atoms with Gasteiger partial charge in [0.25, 0.3) is 0 Å². The molecule has 0 aliphatic heterocycles. The first-order valence-corrected chi connectivity index (χ1v) is 4.30. The van der Waals surface area contributed by atoms with Gasteiger partial charge >= 0.3 is 5.97 Å². The molecule has 15 heavy (non-hydrogen) atoms. The zero-order valence-electron chi connectivity index (χ0n) is 7.31. The Morgan fingerprint density at radius 3 is 2.47 bits per heavy atom. The number of alkyl halides is 1. The summed E-state index contributed by atoms with van der Waals surface area (Å²) in [6.07, 6.45) is -3.10. The number of hydrogen-bond acceptors (Lipinski definition) is 1. The highest BCUT2D eigenvalue weighted by Gasteiger charge is 2.21. The molecule has 1 rings (SSSR count). The van der Waals surface area contributed by atoms with Gasteiger partial charge in [0, 0.05) is 12.0 Å². The molecule has 0 spiro atoms. The largest absolute Gasteiger partial charge is 0.479 e. The van der Waals surface area contributed by atoms with Crippen LogP contribution in [0.25, 0.3) is 0 Å². The number of hydrogen-bond donors (Lipinski definition) is 1. The van der Waals surface area contributed by atoms with Gasteiger partial charge < -0.3 is 5.11 Å². The maximum Gasteiger partial charge on any atom is 0.338 e. The minimum Gasteiger partial charge on any atom is -0.479 e. The molecule has 0 aliphatic carbocycles. The first-order valence-electron chi connectivity index (χ1n) is 3.92. The molecule has 0 bridgehead atoms. The van der Waals surface area contributed by atoms with Crippen LogP contribution in [-0.2, 0) is 11.2 Å². The van der Waals surface area contributed by atoms with Crippen molar-refractivity contribution in [1.29, 1.82) is 0 Å². The van der Waals surface area contributed by atoms with Gasteiger partial charge in [0.05, 0.1) is 5.02 Å². The second-order valence-electron chi connectivity index (χ2n) is 2.83. The molecule has 0 saturated carbocycles. The smallest absolute Gasteiger partial charge is 0.338 e. The molecule has 0 aliphatic rings. The zero-order chi connectivity index (χ0) is 11.6. The standard InChI is InChI=1S/C9H6ClF3O2/c10-8-4(3-7(13)9(14)15)5(11)1-2-6(8)12/h1-2,7H,3H2,(H,14,15)/t7-/m0/s1. The fraction of sp³-hybridized carbons (Fsp3) is 0.222. The first kappa shape index (κ1) is 11.8. The summed E-state index contributed by atoms with van der Waals surface area (Å²) in [5.74, 6) is -3.58. The Bertz CT molecular complexity index is 395. The summed E-state index contributed by atoms with van der Waals surface area (Å²) in [5.41, 5.74) is -0.466. The summed E-state index contributed by atoms with van der Waals surface area (Å²) < 4.78 is 38.6. The van der Waals surface area contributed by atoms with Gasteiger partial charge in [-0.05, 0) is 12.1 Å². The number of carbonyl (C=O) groups is 1. The van der Waals surface area contributed by atoms with Crippen LogP contribution < -0.4 is 0 Å². The normalized spacial score (nSPS) is 12.5. The summed E-state index contributed by atoms with van der Waals surface area (Å²) in [5, 5.41) is 7.68. The monoisotopic (exact) mass is 238 g/mol. The average molecular weight is 239 g/mol. The molecule has 0 amide bonds. The van der Waals surface area contributed by atoms with Crippen molar-refractivity contribution in [2.24, 2.45) is 0 Å². The lowest BCUT2D eigenvalue weighted by Gasteiger charge is -2.07. The molecule has 2 nitrogen and oxygen atoms in total. The number of rotatable bonds is 3. The highest BCUT2D eigenvalue weighted by molar-refractivity contribution is 6.31. The molecule has 6 heteroatoms. The highest BCUT2D eigenvalue weighted by Crippen LogP contribution is 2.24. The molecule has 0 fully saturated rings. The second kappa shape index (κ2) is 4.53. The van der Waals surface area contributed by atoms with Crippen molar-refractivity contribution in [3.05, 3.63) is 34.4 Å². The molecular formula is C9H6ClF3O2.